The molecule has 0 saturated heterocycles. The maximum Gasteiger partial charge on any atom is 0.265 e. The van der Waals surface area contributed by atoms with Crippen LogP contribution in [0.4, 0.5) is 15.8 Å². The van der Waals surface area contributed by atoms with E-state index in [1.807, 2.05) is 0 Å². The molecular formula is C16H12ClFN2O3. The van der Waals surface area contributed by atoms with Crippen LogP contribution in [0.5, 0.6) is 5.75 Å². The minimum Gasteiger partial charge on any atom is -0.479 e. The lowest BCUT2D eigenvalue weighted by Crippen LogP contribution is -2.34. The number of hydrogen-bond acceptors (Lipinski definition) is 3. The number of ether oxygens (including phenoxy) is 1. The van der Waals surface area contributed by atoms with Crippen molar-refractivity contribution in [2.24, 2.45) is 0 Å². The highest BCUT2D eigenvalue weighted by Gasteiger charge is 2.23. The zero-order valence-corrected chi connectivity index (χ0v) is 12.8. The summed E-state index contributed by atoms with van der Waals surface area (Å²) in [5, 5.41) is 5.49. The Kier molecular flexibility index (Phi) is 3.92. The van der Waals surface area contributed by atoms with Gasteiger partial charge in [-0.15, -0.1) is 0 Å². The normalized spacial score (nSPS) is 16.1. The van der Waals surface area contributed by atoms with Gasteiger partial charge in [-0.1, -0.05) is 11.6 Å². The molecule has 1 heterocycles. The van der Waals surface area contributed by atoms with Gasteiger partial charge in [0.1, 0.15) is 11.6 Å². The van der Waals surface area contributed by atoms with E-state index in [1.54, 1.807) is 25.1 Å². The smallest absolute Gasteiger partial charge is 0.265 e. The average molecular weight is 335 g/mol. The summed E-state index contributed by atoms with van der Waals surface area (Å²) in [5.74, 6) is -1.08. The fourth-order valence-electron chi connectivity index (χ4n) is 2.16. The molecule has 3 rings (SSSR count). The molecule has 2 amide bonds. The second kappa shape index (κ2) is 5.89. The number of rotatable bonds is 2. The average Bonchev–Trinajstić information content (AvgIpc) is 2.51. The first-order valence-corrected chi connectivity index (χ1v) is 7.20. The minimum absolute atomic E-state index is 0.163. The molecule has 0 aliphatic carbocycles. The number of benzene rings is 2. The number of nitrogens with one attached hydrogen (secondary N) is 2. The van der Waals surface area contributed by atoms with Gasteiger partial charge in [0.15, 0.2) is 6.10 Å². The van der Waals surface area contributed by atoms with Crippen LogP contribution in [0.2, 0.25) is 5.02 Å². The molecule has 5 nitrogen and oxygen atoms in total. The van der Waals surface area contributed by atoms with E-state index in [2.05, 4.69) is 10.6 Å². The van der Waals surface area contributed by atoms with Crippen LogP contribution in [-0.2, 0) is 4.79 Å². The van der Waals surface area contributed by atoms with Gasteiger partial charge in [0.25, 0.3) is 11.8 Å². The zero-order chi connectivity index (χ0) is 16.6. The van der Waals surface area contributed by atoms with Crippen molar-refractivity contribution in [3.8, 4) is 5.75 Å². The molecular weight excluding hydrogens is 323 g/mol. The number of carbonyl (C=O) groups excluding carboxylic acids is 2. The highest BCUT2D eigenvalue weighted by atomic mass is 35.5. The molecule has 0 spiro atoms. The molecule has 0 unspecified atom stereocenters. The Labute approximate surface area is 136 Å². The largest absolute Gasteiger partial charge is 0.479 e. The predicted octanol–water partition coefficient (Wildman–Crippen LogP) is 3.45. The molecule has 1 aliphatic rings. The van der Waals surface area contributed by atoms with Gasteiger partial charge >= 0.3 is 0 Å². The Morgan fingerprint density at radius 2 is 2.09 bits per heavy atom. The van der Waals surface area contributed by atoms with Crippen LogP contribution in [0.1, 0.15) is 17.3 Å². The summed E-state index contributed by atoms with van der Waals surface area (Å²) in [7, 11) is 0. The molecule has 23 heavy (non-hydrogen) atoms. The van der Waals surface area contributed by atoms with Crippen LogP contribution < -0.4 is 15.4 Å². The van der Waals surface area contributed by atoms with Crippen molar-refractivity contribution >= 4 is 34.8 Å². The second-order valence-corrected chi connectivity index (χ2v) is 5.47. The number of amides is 2. The Morgan fingerprint density at radius 1 is 1.30 bits per heavy atom. The summed E-state index contributed by atoms with van der Waals surface area (Å²) in [6.07, 6.45) is -0.580. The van der Waals surface area contributed by atoms with Gasteiger partial charge in [-0.3, -0.25) is 9.59 Å². The fraction of sp³-hybridized carbons (Fsp3) is 0.125. The Bertz CT molecular complexity index is 810. The lowest BCUT2D eigenvalue weighted by Gasteiger charge is -2.23. The van der Waals surface area contributed by atoms with Gasteiger partial charge < -0.3 is 15.4 Å². The Balaban J connectivity index is 1.84. The molecule has 0 fully saturated rings. The molecule has 2 aromatic rings. The van der Waals surface area contributed by atoms with E-state index in [0.717, 1.165) is 6.07 Å². The molecule has 0 aromatic heterocycles. The first kappa shape index (κ1) is 15.3. The lowest BCUT2D eigenvalue weighted by molar-refractivity contribution is -0.122. The van der Waals surface area contributed by atoms with Crippen molar-refractivity contribution in [3.63, 3.8) is 0 Å². The number of hydrogen-bond donors (Lipinski definition) is 2. The maximum absolute atomic E-state index is 13.7. The van der Waals surface area contributed by atoms with Crippen LogP contribution in [-0.4, -0.2) is 17.9 Å². The third kappa shape index (κ3) is 3.12. The Hall–Kier alpha value is -2.60. The van der Waals surface area contributed by atoms with E-state index in [1.165, 1.54) is 12.1 Å². The molecule has 0 saturated carbocycles. The van der Waals surface area contributed by atoms with Gasteiger partial charge in [-0.2, -0.15) is 0 Å². The standard InChI is InChI=1S/C16H12ClFN2O3/c1-8-15(21)20-13-7-10(3-5-14(13)23-8)19-16(22)11-6-9(17)2-4-12(11)18/h2-8H,1H3,(H,19,22)(H,20,21)/t8-/m1/s1. The number of anilines is 2. The van der Waals surface area contributed by atoms with E-state index in [-0.39, 0.29) is 16.5 Å². The monoisotopic (exact) mass is 334 g/mol. The quantitative estimate of drug-likeness (QED) is 0.884. The van der Waals surface area contributed by atoms with Crippen LogP contribution in [0.25, 0.3) is 0 Å². The minimum atomic E-state index is -0.671. The van der Waals surface area contributed by atoms with Crippen molar-refractivity contribution in [3.05, 3.63) is 52.8 Å². The highest BCUT2D eigenvalue weighted by molar-refractivity contribution is 6.31. The molecule has 0 bridgehead atoms. The van der Waals surface area contributed by atoms with Crippen molar-refractivity contribution < 1.29 is 18.7 Å². The summed E-state index contributed by atoms with van der Waals surface area (Å²) >= 11 is 5.78. The summed E-state index contributed by atoms with van der Waals surface area (Å²) in [6, 6.07) is 8.50. The van der Waals surface area contributed by atoms with Gasteiger partial charge in [-0.05, 0) is 43.3 Å². The van der Waals surface area contributed by atoms with Crippen molar-refractivity contribution in [1.29, 1.82) is 0 Å². The number of fused-ring (bicyclic) bond motifs is 1. The van der Waals surface area contributed by atoms with Crippen molar-refractivity contribution in [2.45, 2.75) is 13.0 Å². The fourth-order valence-corrected chi connectivity index (χ4v) is 2.33. The number of carbonyl (C=O) groups is 2. The zero-order valence-electron chi connectivity index (χ0n) is 12.0. The van der Waals surface area contributed by atoms with E-state index in [4.69, 9.17) is 16.3 Å². The van der Waals surface area contributed by atoms with Crippen molar-refractivity contribution in [2.75, 3.05) is 10.6 Å². The third-order valence-electron chi connectivity index (χ3n) is 3.34. The lowest BCUT2D eigenvalue weighted by atomic mass is 10.1. The van der Waals surface area contributed by atoms with Crippen LogP contribution in [0, 0.1) is 5.82 Å². The molecule has 2 aromatic carbocycles. The highest BCUT2D eigenvalue weighted by Crippen LogP contribution is 2.32. The first-order valence-electron chi connectivity index (χ1n) is 6.82. The van der Waals surface area contributed by atoms with E-state index >= 15 is 0 Å². The SMILES string of the molecule is C[C@H]1Oc2ccc(NC(=O)c3cc(Cl)ccc3F)cc2NC1=O. The van der Waals surface area contributed by atoms with Crippen LogP contribution in [0.3, 0.4) is 0 Å². The van der Waals surface area contributed by atoms with Crippen molar-refractivity contribution in [1.82, 2.24) is 0 Å². The summed E-state index contributed by atoms with van der Waals surface area (Å²) in [4.78, 5) is 23.7. The Morgan fingerprint density at radius 3 is 2.87 bits per heavy atom. The van der Waals surface area contributed by atoms with E-state index < -0.39 is 17.8 Å². The molecule has 0 radical (unpaired) electrons. The van der Waals surface area contributed by atoms with Gasteiger partial charge in [0.2, 0.25) is 0 Å². The summed E-state index contributed by atoms with van der Waals surface area (Å²) < 4.78 is 19.1. The number of halogens is 2. The predicted molar refractivity (Wildman–Crippen MR) is 84.5 cm³/mol. The summed E-state index contributed by atoms with van der Waals surface area (Å²) in [5.41, 5.74) is 0.674. The molecule has 2 N–H and O–H groups in total. The van der Waals surface area contributed by atoms with Crippen LogP contribution in [0.15, 0.2) is 36.4 Å². The first-order chi connectivity index (χ1) is 10.9. The van der Waals surface area contributed by atoms with Gasteiger partial charge in [0, 0.05) is 10.7 Å². The molecule has 7 heteroatoms. The molecule has 1 atom stereocenters. The van der Waals surface area contributed by atoms with Gasteiger partial charge in [-0.25, -0.2) is 4.39 Å². The van der Waals surface area contributed by atoms with E-state index in [0.29, 0.717) is 17.1 Å². The van der Waals surface area contributed by atoms with E-state index in [9.17, 15) is 14.0 Å². The topological polar surface area (TPSA) is 67.4 Å². The third-order valence-corrected chi connectivity index (χ3v) is 3.58. The summed E-state index contributed by atoms with van der Waals surface area (Å²) in [6.45, 7) is 1.63. The van der Waals surface area contributed by atoms with Crippen LogP contribution >= 0.6 is 11.6 Å². The molecule has 118 valence electrons. The molecule has 1 aliphatic heterocycles. The second-order valence-electron chi connectivity index (χ2n) is 5.04. The van der Waals surface area contributed by atoms with Gasteiger partial charge in [0.05, 0.1) is 11.3 Å². The maximum atomic E-state index is 13.7.